The SMILES string of the molecule is C=C1CCC[C@H]2[C@](C)(CC3=C(O)C(=O)C=C(OC)C3=O)[C@H](COC(=O)CCCCCNC(=O)OC(C)(C)C)CC[C@]12C. The molecule has 0 heterocycles. The molecule has 0 unspecified atom stereocenters. The number of allylic oxidation sites excluding steroid dienone is 3. The van der Waals surface area contributed by atoms with Gasteiger partial charge in [-0.15, -0.1) is 0 Å². The maximum Gasteiger partial charge on any atom is 0.407 e. The lowest BCUT2D eigenvalue weighted by atomic mass is 9.45. The number of carbonyl (C=O) groups excluding carboxylic acids is 4. The van der Waals surface area contributed by atoms with E-state index < -0.39 is 34.4 Å². The maximum absolute atomic E-state index is 13.2. The first-order chi connectivity index (χ1) is 19.6. The van der Waals surface area contributed by atoms with Crippen molar-refractivity contribution < 1.29 is 38.5 Å². The first-order valence-electron chi connectivity index (χ1n) is 15.2. The Balaban J connectivity index is 1.64. The van der Waals surface area contributed by atoms with Crippen LogP contribution >= 0.6 is 0 Å². The van der Waals surface area contributed by atoms with Crippen molar-refractivity contribution in [3.05, 3.63) is 35.3 Å². The number of amides is 1. The second-order valence-corrected chi connectivity index (χ2v) is 13.5. The number of Topliss-reactive ketones (excluding diaryl/α,β-unsaturated/α-hetero) is 1. The van der Waals surface area contributed by atoms with Gasteiger partial charge in [-0.1, -0.05) is 32.4 Å². The summed E-state index contributed by atoms with van der Waals surface area (Å²) in [5, 5.41) is 13.4. The Morgan fingerprint density at radius 2 is 1.86 bits per heavy atom. The first-order valence-corrected chi connectivity index (χ1v) is 15.2. The minimum Gasteiger partial charge on any atom is -0.504 e. The molecule has 0 aromatic rings. The van der Waals surface area contributed by atoms with E-state index in [0.29, 0.717) is 13.0 Å². The lowest BCUT2D eigenvalue weighted by Gasteiger charge is -2.59. The highest BCUT2D eigenvalue weighted by molar-refractivity contribution is 6.20. The summed E-state index contributed by atoms with van der Waals surface area (Å²) in [4.78, 5) is 50.2. The molecular weight excluding hydrogens is 538 g/mol. The van der Waals surface area contributed by atoms with Gasteiger partial charge in [0.15, 0.2) is 11.5 Å². The average molecular weight is 588 g/mol. The predicted molar refractivity (Wildman–Crippen MR) is 158 cm³/mol. The van der Waals surface area contributed by atoms with Crippen LogP contribution in [-0.2, 0) is 28.6 Å². The Hall–Kier alpha value is -3.10. The van der Waals surface area contributed by atoms with Crippen molar-refractivity contribution in [2.45, 2.75) is 104 Å². The van der Waals surface area contributed by atoms with Gasteiger partial charge in [-0.25, -0.2) is 4.79 Å². The van der Waals surface area contributed by atoms with Gasteiger partial charge in [-0.05, 0) is 94.8 Å². The van der Waals surface area contributed by atoms with Gasteiger partial charge < -0.3 is 24.6 Å². The second-order valence-electron chi connectivity index (χ2n) is 13.5. The van der Waals surface area contributed by atoms with Crippen molar-refractivity contribution in [2.75, 3.05) is 20.3 Å². The highest BCUT2D eigenvalue weighted by atomic mass is 16.6. The third kappa shape index (κ3) is 7.64. The van der Waals surface area contributed by atoms with Crippen LogP contribution < -0.4 is 5.32 Å². The van der Waals surface area contributed by atoms with Gasteiger partial charge in [0.25, 0.3) is 0 Å². The van der Waals surface area contributed by atoms with Gasteiger partial charge in [0.1, 0.15) is 5.60 Å². The molecule has 0 bridgehead atoms. The Kier molecular flexibility index (Phi) is 10.7. The summed E-state index contributed by atoms with van der Waals surface area (Å²) >= 11 is 0. The molecule has 2 saturated carbocycles. The van der Waals surface area contributed by atoms with E-state index in [0.717, 1.165) is 51.0 Å². The van der Waals surface area contributed by atoms with Crippen LogP contribution in [0.25, 0.3) is 0 Å². The molecule has 0 aromatic heterocycles. The predicted octanol–water partition coefficient (Wildman–Crippen LogP) is 6.28. The molecular formula is C33H49NO8. The van der Waals surface area contributed by atoms with E-state index in [4.69, 9.17) is 14.2 Å². The number of nitrogens with one attached hydrogen (secondary N) is 1. The third-order valence-electron chi connectivity index (χ3n) is 9.52. The van der Waals surface area contributed by atoms with Crippen molar-refractivity contribution in [1.82, 2.24) is 5.32 Å². The van der Waals surface area contributed by atoms with Crippen molar-refractivity contribution >= 4 is 23.6 Å². The highest BCUT2D eigenvalue weighted by Gasteiger charge is 2.56. The number of methoxy groups -OCH3 is 1. The van der Waals surface area contributed by atoms with Gasteiger partial charge in [0.05, 0.1) is 13.7 Å². The number of hydrogen-bond acceptors (Lipinski definition) is 8. The lowest BCUT2D eigenvalue weighted by Crippen LogP contribution is -2.52. The Labute approximate surface area is 250 Å². The normalized spacial score (nSPS) is 28.1. The number of aliphatic hydroxyl groups excluding tert-OH is 1. The van der Waals surface area contributed by atoms with Crippen LogP contribution in [0.15, 0.2) is 35.3 Å². The molecule has 0 spiro atoms. The van der Waals surface area contributed by atoms with Crippen LogP contribution in [-0.4, -0.2) is 54.6 Å². The number of esters is 1. The molecule has 1 amide bonds. The molecule has 0 aliphatic heterocycles. The van der Waals surface area contributed by atoms with Gasteiger partial charge in [0, 0.05) is 24.6 Å². The molecule has 0 aromatic carbocycles. The van der Waals surface area contributed by atoms with E-state index in [9.17, 15) is 24.3 Å². The average Bonchev–Trinajstić information content (AvgIpc) is 2.90. The fraction of sp³-hybridized carbons (Fsp3) is 0.697. The lowest BCUT2D eigenvalue weighted by molar-refractivity contribution is -0.151. The van der Waals surface area contributed by atoms with Crippen LogP contribution in [0.2, 0.25) is 0 Å². The van der Waals surface area contributed by atoms with Gasteiger partial charge in [-0.2, -0.15) is 0 Å². The summed E-state index contributed by atoms with van der Waals surface area (Å²) in [5.41, 5.74) is 0.0519. The van der Waals surface area contributed by atoms with Crippen molar-refractivity contribution in [3.8, 4) is 0 Å². The van der Waals surface area contributed by atoms with Crippen molar-refractivity contribution in [1.29, 1.82) is 0 Å². The van der Waals surface area contributed by atoms with Crippen LogP contribution in [0.5, 0.6) is 0 Å². The number of unbranched alkanes of at least 4 members (excludes halogenated alkanes) is 2. The third-order valence-corrected chi connectivity index (χ3v) is 9.52. The van der Waals surface area contributed by atoms with E-state index in [2.05, 4.69) is 25.7 Å². The molecule has 0 saturated heterocycles. The molecule has 0 radical (unpaired) electrons. The van der Waals surface area contributed by atoms with E-state index in [1.807, 2.05) is 20.8 Å². The fourth-order valence-corrected chi connectivity index (χ4v) is 7.10. The quantitative estimate of drug-likeness (QED) is 0.125. The van der Waals surface area contributed by atoms with E-state index >= 15 is 0 Å². The van der Waals surface area contributed by atoms with E-state index in [1.54, 1.807) is 0 Å². The zero-order valence-electron chi connectivity index (χ0n) is 26.2. The topological polar surface area (TPSA) is 128 Å². The smallest absolute Gasteiger partial charge is 0.407 e. The molecule has 2 N–H and O–H groups in total. The van der Waals surface area contributed by atoms with Crippen LogP contribution in [0.3, 0.4) is 0 Å². The molecule has 42 heavy (non-hydrogen) atoms. The van der Waals surface area contributed by atoms with Gasteiger partial charge >= 0.3 is 12.1 Å². The number of aliphatic hydroxyl groups is 1. The second kappa shape index (κ2) is 13.5. The number of carbonyl (C=O) groups is 4. The van der Waals surface area contributed by atoms with Crippen LogP contribution in [0.1, 0.15) is 98.8 Å². The van der Waals surface area contributed by atoms with Crippen LogP contribution in [0, 0.1) is 22.7 Å². The largest absolute Gasteiger partial charge is 0.504 e. The number of fused-ring (bicyclic) bond motifs is 1. The standard InChI is InChI=1S/C33H49NO8/c1-21-12-11-13-26-32(21,5)16-15-22(33(26,6)19-23-28(37)24(35)18-25(40-7)29(23)38)20-41-27(36)14-9-8-10-17-34-30(39)42-31(2,3)4/h18,22,26,37H,1,8-17,19-20H2,2-7H3,(H,34,39)/t22-,26+,32+,33+/m0/s1. The number of alkyl carbamates (subject to hydrolysis) is 1. The van der Waals surface area contributed by atoms with Gasteiger partial charge in [0.2, 0.25) is 11.6 Å². The van der Waals surface area contributed by atoms with Crippen LogP contribution in [0.4, 0.5) is 4.79 Å². The van der Waals surface area contributed by atoms with Crippen molar-refractivity contribution in [3.63, 3.8) is 0 Å². The molecule has 3 aliphatic carbocycles. The summed E-state index contributed by atoms with van der Waals surface area (Å²) in [6, 6.07) is 0. The summed E-state index contributed by atoms with van der Waals surface area (Å²) in [6.07, 6.45) is 7.70. The highest BCUT2D eigenvalue weighted by Crippen LogP contribution is 2.63. The zero-order chi connectivity index (χ0) is 31.3. The fourth-order valence-electron chi connectivity index (χ4n) is 7.10. The Morgan fingerprint density at radius 3 is 2.52 bits per heavy atom. The van der Waals surface area contributed by atoms with E-state index in [1.165, 1.54) is 12.7 Å². The zero-order valence-corrected chi connectivity index (χ0v) is 26.2. The summed E-state index contributed by atoms with van der Waals surface area (Å²) in [7, 11) is 1.33. The molecule has 3 rings (SSSR count). The van der Waals surface area contributed by atoms with Crippen molar-refractivity contribution in [2.24, 2.45) is 22.7 Å². The summed E-state index contributed by atoms with van der Waals surface area (Å²) in [6.45, 7) is 14.9. The minimum absolute atomic E-state index is 0.0662. The number of ether oxygens (including phenoxy) is 3. The number of ketones is 2. The summed E-state index contributed by atoms with van der Waals surface area (Å²) in [5.74, 6) is -1.93. The maximum atomic E-state index is 13.2. The minimum atomic E-state index is -0.638. The van der Waals surface area contributed by atoms with Gasteiger partial charge in [-0.3, -0.25) is 14.4 Å². The Bertz CT molecular complexity index is 1150. The first kappa shape index (κ1) is 33.4. The molecule has 4 atom stereocenters. The monoisotopic (exact) mass is 587 g/mol. The molecule has 9 nitrogen and oxygen atoms in total. The molecule has 3 aliphatic rings. The summed E-state index contributed by atoms with van der Waals surface area (Å²) < 4.78 is 16.2. The molecule has 9 heteroatoms. The molecule has 234 valence electrons. The Morgan fingerprint density at radius 1 is 1.14 bits per heavy atom. The van der Waals surface area contributed by atoms with E-state index in [-0.39, 0.29) is 54.0 Å². The molecule has 2 fully saturated rings. The number of hydrogen-bond donors (Lipinski definition) is 2. The number of rotatable bonds is 11.